The summed E-state index contributed by atoms with van der Waals surface area (Å²) < 4.78 is 12.4. The van der Waals surface area contributed by atoms with Gasteiger partial charge in [0.2, 0.25) is 0 Å². The van der Waals surface area contributed by atoms with Crippen LogP contribution in [0.25, 0.3) is 5.78 Å². The highest BCUT2D eigenvalue weighted by Gasteiger charge is 2.48. The van der Waals surface area contributed by atoms with Gasteiger partial charge in [-0.2, -0.15) is 10.1 Å². The van der Waals surface area contributed by atoms with Gasteiger partial charge in [0, 0.05) is 31.6 Å². The predicted octanol–water partition coefficient (Wildman–Crippen LogP) is 1.74. The van der Waals surface area contributed by atoms with E-state index >= 15 is 0 Å². The van der Waals surface area contributed by atoms with E-state index in [4.69, 9.17) is 9.47 Å². The van der Waals surface area contributed by atoms with Crippen LogP contribution >= 0.6 is 0 Å². The quantitative estimate of drug-likeness (QED) is 0.830. The summed E-state index contributed by atoms with van der Waals surface area (Å²) in [5.74, 6) is 0.585. The van der Waals surface area contributed by atoms with Crippen LogP contribution in [0, 0.1) is 5.41 Å². The lowest BCUT2D eigenvalue weighted by Crippen LogP contribution is -2.57. The maximum Gasteiger partial charge on any atom is 0.407 e. The van der Waals surface area contributed by atoms with Gasteiger partial charge in [0.1, 0.15) is 6.33 Å². The molecular weight excluding hydrogens is 322 g/mol. The zero-order chi connectivity index (χ0) is 17.1. The molecule has 8 heteroatoms. The molecule has 1 saturated heterocycles. The molecule has 0 aromatic carbocycles. The Morgan fingerprint density at radius 1 is 1.36 bits per heavy atom. The van der Waals surface area contributed by atoms with Gasteiger partial charge in [-0.3, -0.25) is 0 Å². The molecule has 1 unspecified atom stereocenters. The molecule has 0 bridgehead atoms. The van der Waals surface area contributed by atoms with Crippen molar-refractivity contribution in [1.29, 1.82) is 0 Å². The molecule has 3 heterocycles. The molecule has 1 aliphatic carbocycles. The lowest BCUT2D eigenvalue weighted by molar-refractivity contribution is -0.0537. The number of alkyl carbamates (subject to hydrolysis) is 1. The van der Waals surface area contributed by atoms with Crippen LogP contribution in [0.2, 0.25) is 0 Å². The Kier molecular flexibility index (Phi) is 4.52. The van der Waals surface area contributed by atoms with Crippen molar-refractivity contribution in [1.82, 2.24) is 24.9 Å². The molecule has 2 aliphatic rings. The SMILES string of the molecule is O=C(NC1CCC12CCOCC2)OCCCc1cnc2ncnn2c1. The number of carbonyl (C=O) groups excluding carboxylic acids is 1. The number of nitrogens with one attached hydrogen (secondary N) is 1. The van der Waals surface area contributed by atoms with Crippen LogP contribution in [0.1, 0.15) is 37.7 Å². The first-order valence-corrected chi connectivity index (χ1v) is 8.91. The van der Waals surface area contributed by atoms with Crippen molar-refractivity contribution < 1.29 is 14.3 Å². The van der Waals surface area contributed by atoms with Crippen molar-refractivity contribution >= 4 is 11.9 Å². The second kappa shape index (κ2) is 6.95. The van der Waals surface area contributed by atoms with E-state index in [9.17, 15) is 4.79 Å². The molecule has 2 aromatic rings. The molecule has 2 aromatic heterocycles. The Labute approximate surface area is 145 Å². The largest absolute Gasteiger partial charge is 0.450 e. The number of amides is 1. The number of rotatable bonds is 5. The first-order valence-electron chi connectivity index (χ1n) is 8.91. The number of carbonyl (C=O) groups is 1. The number of hydrogen-bond acceptors (Lipinski definition) is 6. The fourth-order valence-corrected chi connectivity index (χ4v) is 3.81. The Morgan fingerprint density at radius 2 is 2.24 bits per heavy atom. The fraction of sp³-hybridized carbons (Fsp3) is 0.647. The molecule has 0 radical (unpaired) electrons. The smallest absolute Gasteiger partial charge is 0.407 e. The van der Waals surface area contributed by atoms with Gasteiger partial charge >= 0.3 is 6.09 Å². The van der Waals surface area contributed by atoms with Crippen LogP contribution in [0.5, 0.6) is 0 Å². The van der Waals surface area contributed by atoms with E-state index in [1.807, 2.05) is 6.20 Å². The van der Waals surface area contributed by atoms with E-state index in [0.29, 0.717) is 12.4 Å². The van der Waals surface area contributed by atoms with Gasteiger partial charge < -0.3 is 14.8 Å². The van der Waals surface area contributed by atoms with Crippen molar-refractivity contribution in [2.75, 3.05) is 19.8 Å². The normalized spacial score (nSPS) is 21.8. The van der Waals surface area contributed by atoms with Gasteiger partial charge in [0.25, 0.3) is 5.78 Å². The minimum absolute atomic E-state index is 0.239. The van der Waals surface area contributed by atoms with E-state index in [-0.39, 0.29) is 17.6 Å². The van der Waals surface area contributed by atoms with Crippen LogP contribution in [0.3, 0.4) is 0 Å². The Hall–Kier alpha value is -2.22. The third-order valence-electron chi connectivity index (χ3n) is 5.48. The van der Waals surface area contributed by atoms with Crippen molar-refractivity contribution in [3.63, 3.8) is 0 Å². The summed E-state index contributed by atoms with van der Waals surface area (Å²) in [4.78, 5) is 20.3. The van der Waals surface area contributed by atoms with Crippen molar-refractivity contribution in [2.24, 2.45) is 5.41 Å². The highest BCUT2D eigenvalue weighted by molar-refractivity contribution is 5.67. The summed E-state index contributed by atoms with van der Waals surface area (Å²) in [5, 5.41) is 7.11. The summed E-state index contributed by atoms with van der Waals surface area (Å²) >= 11 is 0. The summed E-state index contributed by atoms with van der Waals surface area (Å²) in [7, 11) is 0. The maximum absolute atomic E-state index is 12.0. The summed E-state index contributed by atoms with van der Waals surface area (Å²) in [6.07, 6.45) is 10.7. The average molecular weight is 345 g/mol. The zero-order valence-corrected chi connectivity index (χ0v) is 14.2. The van der Waals surface area contributed by atoms with E-state index in [0.717, 1.165) is 50.9 Å². The first-order chi connectivity index (χ1) is 12.3. The molecule has 1 saturated carbocycles. The highest BCUT2D eigenvalue weighted by Crippen LogP contribution is 2.48. The molecule has 2 fully saturated rings. The number of ether oxygens (including phenoxy) is 2. The van der Waals surface area contributed by atoms with Crippen LogP contribution in [0.15, 0.2) is 18.7 Å². The van der Waals surface area contributed by atoms with Gasteiger partial charge in [-0.15, -0.1) is 0 Å². The van der Waals surface area contributed by atoms with Crippen LogP contribution < -0.4 is 5.32 Å². The Balaban J connectivity index is 1.19. The molecule has 4 rings (SSSR count). The second-order valence-corrected chi connectivity index (χ2v) is 6.92. The lowest BCUT2D eigenvalue weighted by Gasteiger charge is -2.51. The van der Waals surface area contributed by atoms with Crippen LogP contribution in [-0.2, 0) is 15.9 Å². The third-order valence-corrected chi connectivity index (χ3v) is 5.48. The van der Waals surface area contributed by atoms with E-state index < -0.39 is 0 Å². The van der Waals surface area contributed by atoms with E-state index in [1.165, 1.54) is 12.7 Å². The van der Waals surface area contributed by atoms with Gasteiger partial charge in [-0.05, 0) is 49.5 Å². The van der Waals surface area contributed by atoms with Crippen LogP contribution in [0.4, 0.5) is 4.79 Å². The molecule has 1 atom stereocenters. The topological polar surface area (TPSA) is 90.6 Å². The Morgan fingerprint density at radius 3 is 3.04 bits per heavy atom. The van der Waals surface area contributed by atoms with E-state index in [1.54, 1.807) is 10.7 Å². The number of fused-ring (bicyclic) bond motifs is 1. The van der Waals surface area contributed by atoms with Crippen molar-refractivity contribution in [2.45, 2.75) is 44.6 Å². The number of hydrogen-bond donors (Lipinski definition) is 1. The number of aromatic nitrogens is 4. The summed E-state index contributed by atoms with van der Waals surface area (Å²) in [6.45, 7) is 2.00. The molecule has 1 spiro atoms. The second-order valence-electron chi connectivity index (χ2n) is 6.92. The molecule has 1 aliphatic heterocycles. The zero-order valence-electron chi connectivity index (χ0n) is 14.2. The van der Waals surface area contributed by atoms with E-state index in [2.05, 4.69) is 20.4 Å². The first kappa shape index (κ1) is 16.3. The standard InChI is InChI=1S/C17H23N5O3/c23-16(21-14-3-4-17(14)5-8-24-9-6-17)25-7-1-2-13-10-18-15-19-12-20-22(15)11-13/h10-12,14H,1-9H2,(H,21,23). The number of nitrogens with zero attached hydrogens (tertiary/aromatic N) is 4. The molecule has 25 heavy (non-hydrogen) atoms. The summed E-state index contributed by atoms with van der Waals surface area (Å²) in [6, 6.07) is 0.239. The number of aryl methyl sites for hydroxylation is 1. The molecule has 1 amide bonds. The summed E-state index contributed by atoms with van der Waals surface area (Å²) in [5.41, 5.74) is 1.29. The molecular formula is C17H23N5O3. The lowest BCUT2D eigenvalue weighted by atomic mass is 9.60. The molecule has 1 N–H and O–H groups in total. The third kappa shape index (κ3) is 3.44. The van der Waals surface area contributed by atoms with Gasteiger partial charge in [0.15, 0.2) is 0 Å². The maximum atomic E-state index is 12.0. The minimum Gasteiger partial charge on any atom is -0.450 e. The molecule has 8 nitrogen and oxygen atoms in total. The predicted molar refractivity (Wildman–Crippen MR) is 89.1 cm³/mol. The average Bonchev–Trinajstić information content (AvgIpc) is 3.11. The van der Waals surface area contributed by atoms with Gasteiger partial charge in [0.05, 0.1) is 6.61 Å². The van der Waals surface area contributed by atoms with Gasteiger partial charge in [-0.1, -0.05) is 0 Å². The monoisotopic (exact) mass is 345 g/mol. The minimum atomic E-state index is -0.305. The van der Waals surface area contributed by atoms with Crippen LogP contribution in [-0.4, -0.2) is 51.5 Å². The van der Waals surface area contributed by atoms with Crippen molar-refractivity contribution in [3.8, 4) is 0 Å². The van der Waals surface area contributed by atoms with Gasteiger partial charge in [-0.25, -0.2) is 14.3 Å². The fourth-order valence-electron chi connectivity index (χ4n) is 3.81. The Bertz CT molecular complexity index is 741. The molecule has 134 valence electrons. The highest BCUT2D eigenvalue weighted by atomic mass is 16.5. The van der Waals surface area contributed by atoms with Crippen molar-refractivity contribution in [3.05, 3.63) is 24.3 Å².